The number of carboxylic acid groups (broad SMARTS) is 1. The van der Waals surface area contributed by atoms with Crippen LogP contribution in [0.25, 0.3) is 21.5 Å². The van der Waals surface area contributed by atoms with E-state index < -0.39 is 17.9 Å². The number of aromatic hydroxyl groups is 1. The Morgan fingerprint density at radius 3 is 1.76 bits per heavy atom. The summed E-state index contributed by atoms with van der Waals surface area (Å²) in [5.41, 5.74) is 2.39. The molecule has 0 aromatic heterocycles. The second-order valence-corrected chi connectivity index (χ2v) is 9.19. The van der Waals surface area contributed by atoms with Gasteiger partial charge < -0.3 is 35.0 Å². The van der Waals surface area contributed by atoms with Crippen LogP contribution in [0.15, 0.2) is 60.7 Å². The Balaban J connectivity index is 0.000000767. The summed E-state index contributed by atoms with van der Waals surface area (Å²) in [4.78, 5) is 38.0. The van der Waals surface area contributed by atoms with Crippen LogP contribution >= 0.6 is 0 Å². The Bertz CT molecular complexity index is 1550. The summed E-state index contributed by atoms with van der Waals surface area (Å²) in [6.45, 7) is 3.37. The minimum atomic E-state index is -1.04. The molecular formula is C31H37N2NaO8. The number of anilines is 2. The molecule has 4 aromatic carbocycles. The van der Waals surface area contributed by atoms with Crippen LogP contribution in [0.5, 0.6) is 11.5 Å². The maximum absolute atomic E-state index is 11.9. The number of nitrogens with zero attached hydrogens (tertiary/aromatic N) is 2. The van der Waals surface area contributed by atoms with E-state index in [2.05, 4.69) is 0 Å². The molecule has 4 aromatic rings. The molecule has 0 radical (unpaired) electrons. The molecule has 0 saturated heterocycles. The van der Waals surface area contributed by atoms with E-state index >= 15 is 0 Å². The minimum Gasteiger partial charge on any atom is -0.870 e. The molecule has 0 saturated carbocycles. The van der Waals surface area contributed by atoms with Gasteiger partial charge in [-0.3, -0.25) is 4.79 Å². The fourth-order valence-corrected chi connectivity index (χ4v) is 3.89. The van der Waals surface area contributed by atoms with Gasteiger partial charge in [-0.1, -0.05) is 19.6 Å². The zero-order chi connectivity index (χ0) is 28.9. The molecule has 0 aliphatic rings. The maximum Gasteiger partial charge on any atom is 1.00 e. The first-order chi connectivity index (χ1) is 18.4. The zero-order valence-corrected chi connectivity index (χ0v) is 26.3. The van der Waals surface area contributed by atoms with Crippen molar-refractivity contribution >= 4 is 50.8 Å². The fourth-order valence-electron chi connectivity index (χ4n) is 3.89. The van der Waals surface area contributed by atoms with Crippen molar-refractivity contribution in [2.75, 3.05) is 44.6 Å². The third-order valence-corrected chi connectivity index (χ3v) is 5.86. The molecule has 0 heterocycles. The van der Waals surface area contributed by atoms with Gasteiger partial charge in [0.25, 0.3) is 0 Å². The van der Waals surface area contributed by atoms with Gasteiger partial charge in [-0.05, 0) is 66.2 Å². The normalized spacial score (nSPS) is 9.67. The van der Waals surface area contributed by atoms with Crippen molar-refractivity contribution in [3.8, 4) is 11.5 Å². The molecule has 0 atom stereocenters. The van der Waals surface area contributed by atoms with Crippen LogP contribution in [0, 0.1) is 0 Å². The number of phenols is 1. The number of benzene rings is 4. The summed E-state index contributed by atoms with van der Waals surface area (Å²) in [6, 6.07) is 17.4. The largest absolute Gasteiger partial charge is 1.00 e. The van der Waals surface area contributed by atoms with E-state index in [-0.39, 0.29) is 53.8 Å². The molecule has 4 rings (SSSR count). The monoisotopic (exact) mass is 588 g/mol. The van der Waals surface area contributed by atoms with Gasteiger partial charge in [0.05, 0.1) is 17.7 Å². The molecule has 11 heteroatoms. The number of carbonyl (C=O) groups is 3. The van der Waals surface area contributed by atoms with Crippen LogP contribution in [0.1, 0.15) is 42.0 Å². The summed E-state index contributed by atoms with van der Waals surface area (Å²) in [6.07, 6.45) is 0. The predicted molar refractivity (Wildman–Crippen MR) is 161 cm³/mol. The average molecular weight is 589 g/mol. The fraction of sp³-hybridized carbons (Fsp3) is 0.258. The van der Waals surface area contributed by atoms with Gasteiger partial charge in [0.2, 0.25) is 0 Å². The van der Waals surface area contributed by atoms with Gasteiger partial charge >= 0.3 is 47.5 Å². The quantitative estimate of drug-likeness (QED) is 0.196. The first-order valence-electron chi connectivity index (χ1n) is 12.2. The first-order valence-corrected chi connectivity index (χ1v) is 12.2. The van der Waals surface area contributed by atoms with E-state index in [0.717, 1.165) is 22.1 Å². The minimum absolute atomic E-state index is 0. The summed E-state index contributed by atoms with van der Waals surface area (Å²) in [5, 5.41) is 21.7. The first kappa shape index (κ1) is 38.2. The number of aromatic carboxylic acids is 1. The van der Waals surface area contributed by atoms with Crippen LogP contribution in [0.3, 0.4) is 0 Å². The van der Waals surface area contributed by atoms with E-state index in [1.807, 2.05) is 68.3 Å². The number of rotatable bonds is 6. The van der Waals surface area contributed by atoms with Gasteiger partial charge in [0, 0.05) is 57.3 Å². The number of esters is 2. The number of phenolic OH excluding ortho intramolecular Hbond substituents is 1. The standard InChI is InChI=1S/C17H19NO4.C13H13NO3.CH4.Na.H2O/c1-5-21-17(20)13-8-12-6-7-14(18(3)4)10-15(12)16(9-13)22-11(2)19;1-14(2)10-4-3-8-5-9(13(16)17)6-12(15)11(8)7-10;;;/h6-10H,5H2,1-4H3;3-7,15H,1-2H3,(H,16,17);1H4;;1H2/q;;;+1;/p-1. The van der Waals surface area contributed by atoms with Gasteiger partial charge in [0.15, 0.2) is 0 Å². The molecule has 42 heavy (non-hydrogen) atoms. The predicted octanol–water partition coefficient (Wildman–Crippen LogP) is 2.78. The van der Waals surface area contributed by atoms with Crippen molar-refractivity contribution in [1.29, 1.82) is 0 Å². The van der Waals surface area contributed by atoms with Crippen molar-refractivity contribution in [3.63, 3.8) is 0 Å². The Morgan fingerprint density at radius 2 is 1.29 bits per heavy atom. The summed E-state index contributed by atoms with van der Waals surface area (Å²) in [7, 11) is 7.67. The van der Waals surface area contributed by atoms with Gasteiger partial charge in [-0.2, -0.15) is 0 Å². The number of hydrogen-bond donors (Lipinski definition) is 2. The van der Waals surface area contributed by atoms with E-state index in [1.165, 1.54) is 13.0 Å². The summed E-state index contributed by atoms with van der Waals surface area (Å²) < 4.78 is 10.3. The van der Waals surface area contributed by atoms with Gasteiger partial charge in [0.1, 0.15) is 11.5 Å². The third kappa shape index (κ3) is 9.35. The van der Waals surface area contributed by atoms with Crippen molar-refractivity contribution in [2.45, 2.75) is 21.3 Å². The van der Waals surface area contributed by atoms with Crippen molar-refractivity contribution in [2.24, 2.45) is 0 Å². The zero-order valence-electron chi connectivity index (χ0n) is 24.3. The van der Waals surface area contributed by atoms with Crippen LogP contribution in [0.2, 0.25) is 0 Å². The van der Waals surface area contributed by atoms with Crippen LogP contribution in [-0.4, -0.2) is 68.4 Å². The number of hydrogen-bond acceptors (Lipinski definition) is 9. The molecule has 0 aliphatic carbocycles. The van der Waals surface area contributed by atoms with Crippen molar-refractivity contribution in [3.05, 3.63) is 71.8 Å². The topological polar surface area (TPSA) is 147 Å². The number of carbonyl (C=O) groups excluding carboxylic acids is 2. The smallest absolute Gasteiger partial charge is 0.870 e. The van der Waals surface area contributed by atoms with Crippen LogP contribution < -0.4 is 44.1 Å². The Kier molecular flexibility index (Phi) is 15.1. The molecular weight excluding hydrogens is 551 g/mol. The Labute approximate surface area is 268 Å². The van der Waals surface area contributed by atoms with Crippen molar-refractivity contribution < 1.29 is 69.1 Å². The van der Waals surface area contributed by atoms with Crippen LogP contribution in [0.4, 0.5) is 11.4 Å². The molecule has 220 valence electrons. The SMILES string of the molecule is C.CCOC(=O)c1cc(OC(C)=O)c2cc(N(C)C)ccc2c1.CN(C)c1ccc2cc(C(=O)O)cc(O)c2c1.[Na+].[OH-]. The summed E-state index contributed by atoms with van der Waals surface area (Å²) >= 11 is 0. The average Bonchev–Trinajstić information content (AvgIpc) is 2.88. The Hall–Kier alpha value is -3.83. The molecule has 0 bridgehead atoms. The van der Waals surface area contributed by atoms with Crippen molar-refractivity contribution in [1.82, 2.24) is 0 Å². The number of ether oxygens (including phenoxy) is 2. The number of fused-ring (bicyclic) bond motifs is 2. The summed E-state index contributed by atoms with van der Waals surface area (Å²) in [5.74, 6) is -1.56. The molecule has 3 N–H and O–H groups in total. The molecule has 0 aliphatic heterocycles. The second kappa shape index (κ2) is 16.6. The van der Waals surface area contributed by atoms with E-state index in [0.29, 0.717) is 28.7 Å². The molecule has 0 spiro atoms. The molecule has 0 fully saturated rings. The van der Waals surface area contributed by atoms with E-state index in [1.54, 1.807) is 31.2 Å². The number of carboxylic acids is 1. The molecule has 0 amide bonds. The maximum atomic E-state index is 11.9. The second-order valence-electron chi connectivity index (χ2n) is 9.19. The third-order valence-electron chi connectivity index (χ3n) is 5.86. The van der Waals surface area contributed by atoms with E-state index in [9.17, 15) is 19.5 Å². The van der Waals surface area contributed by atoms with E-state index in [4.69, 9.17) is 14.6 Å². The Morgan fingerprint density at radius 1 is 0.786 bits per heavy atom. The molecule has 10 nitrogen and oxygen atoms in total. The van der Waals surface area contributed by atoms with Gasteiger partial charge in [-0.15, -0.1) is 0 Å². The van der Waals surface area contributed by atoms with Crippen LogP contribution in [-0.2, 0) is 9.53 Å². The van der Waals surface area contributed by atoms with Gasteiger partial charge in [-0.25, -0.2) is 9.59 Å². The molecule has 0 unspecified atom stereocenters.